The van der Waals surface area contributed by atoms with Gasteiger partial charge in [0.1, 0.15) is 0 Å². The Morgan fingerprint density at radius 2 is 2.20 bits per heavy atom. The Morgan fingerprint density at radius 1 is 1.36 bits per heavy atom. The fourth-order valence-corrected chi connectivity index (χ4v) is 3.23. The number of imidazole rings is 1. The third kappa shape index (κ3) is 3.88. The van der Waals surface area contributed by atoms with Gasteiger partial charge in [-0.2, -0.15) is 0 Å². The lowest BCUT2D eigenvalue weighted by atomic mass is 9.99. The van der Waals surface area contributed by atoms with Crippen molar-refractivity contribution < 1.29 is 9.59 Å². The van der Waals surface area contributed by atoms with Gasteiger partial charge in [-0.25, -0.2) is 4.98 Å². The van der Waals surface area contributed by atoms with Gasteiger partial charge in [0, 0.05) is 57.6 Å². The number of amides is 2. The molecule has 1 aromatic carbocycles. The van der Waals surface area contributed by atoms with E-state index in [0.717, 1.165) is 24.3 Å². The summed E-state index contributed by atoms with van der Waals surface area (Å²) in [6, 6.07) is 7.65. The number of piperazine rings is 1. The lowest BCUT2D eigenvalue weighted by Gasteiger charge is -2.41. The van der Waals surface area contributed by atoms with E-state index in [9.17, 15) is 9.59 Å². The zero-order chi connectivity index (χ0) is 17.8. The van der Waals surface area contributed by atoms with Gasteiger partial charge >= 0.3 is 0 Å². The molecule has 0 aliphatic carbocycles. The van der Waals surface area contributed by atoms with Gasteiger partial charge in [0.05, 0.1) is 12.4 Å². The van der Waals surface area contributed by atoms with Gasteiger partial charge in [-0.3, -0.25) is 14.5 Å². The van der Waals surface area contributed by atoms with Crippen molar-refractivity contribution in [1.29, 1.82) is 0 Å². The van der Waals surface area contributed by atoms with Crippen LogP contribution in [0.25, 0.3) is 0 Å². The lowest BCUT2D eigenvalue weighted by molar-refractivity contribution is -0.132. The van der Waals surface area contributed by atoms with E-state index in [1.807, 2.05) is 29.3 Å². The van der Waals surface area contributed by atoms with Crippen molar-refractivity contribution in [1.82, 2.24) is 25.1 Å². The van der Waals surface area contributed by atoms with Crippen molar-refractivity contribution in [2.24, 2.45) is 0 Å². The first-order valence-electron chi connectivity index (χ1n) is 8.37. The zero-order valence-corrected chi connectivity index (χ0v) is 14.5. The van der Waals surface area contributed by atoms with Crippen molar-refractivity contribution in [2.75, 3.05) is 26.7 Å². The highest BCUT2D eigenvalue weighted by atomic mass is 16.2. The molecular formula is C18H23N5O2. The zero-order valence-electron chi connectivity index (χ0n) is 14.5. The predicted octanol–water partition coefficient (Wildman–Crippen LogP) is 1.17. The van der Waals surface area contributed by atoms with E-state index in [1.54, 1.807) is 26.4 Å². The molecule has 0 spiro atoms. The number of nitrogens with one attached hydrogen (secondary N) is 2. The summed E-state index contributed by atoms with van der Waals surface area (Å²) < 4.78 is 0. The van der Waals surface area contributed by atoms with Crippen LogP contribution in [0.15, 0.2) is 36.8 Å². The number of hydrogen-bond donors (Lipinski definition) is 2. The van der Waals surface area contributed by atoms with Gasteiger partial charge in [0.25, 0.3) is 5.91 Å². The molecule has 3 rings (SSSR count). The second-order valence-corrected chi connectivity index (χ2v) is 6.23. The quantitative estimate of drug-likeness (QED) is 0.875. The van der Waals surface area contributed by atoms with Crippen LogP contribution in [-0.4, -0.2) is 58.3 Å². The van der Waals surface area contributed by atoms with Crippen LogP contribution in [0.2, 0.25) is 0 Å². The van der Waals surface area contributed by atoms with E-state index in [4.69, 9.17) is 0 Å². The van der Waals surface area contributed by atoms with E-state index in [0.29, 0.717) is 18.7 Å². The standard InChI is InChI=1S/C18H23N5O2/c1-13(24)22-6-7-23(10-16-9-20-12-21-16)17(11-22)14-4-3-5-15(8-14)18(25)19-2/h3-5,8-9,12,17H,6-7,10-11H2,1-2H3,(H,19,25)(H,20,21)/t17-/m0/s1. The van der Waals surface area contributed by atoms with Gasteiger partial charge in [0.15, 0.2) is 0 Å². The summed E-state index contributed by atoms with van der Waals surface area (Å²) >= 11 is 0. The van der Waals surface area contributed by atoms with Crippen LogP contribution >= 0.6 is 0 Å². The van der Waals surface area contributed by atoms with Crippen LogP contribution in [0.4, 0.5) is 0 Å². The number of nitrogens with zero attached hydrogens (tertiary/aromatic N) is 3. The second kappa shape index (κ2) is 7.48. The molecule has 1 aliphatic heterocycles. The van der Waals surface area contributed by atoms with Crippen molar-refractivity contribution in [2.45, 2.75) is 19.5 Å². The molecule has 0 radical (unpaired) electrons. The molecule has 1 aliphatic rings. The molecule has 1 aromatic heterocycles. The summed E-state index contributed by atoms with van der Waals surface area (Å²) in [6.07, 6.45) is 3.48. The Morgan fingerprint density at radius 3 is 2.88 bits per heavy atom. The maximum absolute atomic E-state index is 12.0. The van der Waals surface area contributed by atoms with Crippen LogP contribution in [-0.2, 0) is 11.3 Å². The highest BCUT2D eigenvalue weighted by Crippen LogP contribution is 2.27. The summed E-state index contributed by atoms with van der Waals surface area (Å²) in [5, 5.41) is 2.66. The van der Waals surface area contributed by atoms with Gasteiger partial charge in [-0.15, -0.1) is 0 Å². The van der Waals surface area contributed by atoms with Crippen LogP contribution in [0.3, 0.4) is 0 Å². The molecule has 1 saturated heterocycles. The predicted molar refractivity (Wildman–Crippen MR) is 93.8 cm³/mol. The summed E-state index contributed by atoms with van der Waals surface area (Å²) in [7, 11) is 1.62. The third-order valence-electron chi connectivity index (χ3n) is 4.63. The minimum atomic E-state index is -0.110. The van der Waals surface area contributed by atoms with Crippen molar-refractivity contribution in [3.8, 4) is 0 Å². The van der Waals surface area contributed by atoms with E-state index in [1.165, 1.54) is 0 Å². The minimum absolute atomic E-state index is 0.0329. The van der Waals surface area contributed by atoms with Crippen LogP contribution in [0, 0.1) is 0 Å². The first kappa shape index (κ1) is 17.2. The van der Waals surface area contributed by atoms with E-state index in [-0.39, 0.29) is 17.9 Å². The molecule has 2 amide bonds. The highest BCUT2D eigenvalue weighted by molar-refractivity contribution is 5.94. The van der Waals surface area contributed by atoms with Gasteiger partial charge in [-0.1, -0.05) is 12.1 Å². The first-order valence-corrected chi connectivity index (χ1v) is 8.37. The largest absolute Gasteiger partial charge is 0.355 e. The normalized spacial score (nSPS) is 18.2. The summed E-state index contributed by atoms with van der Waals surface area (Å²) in [6.45, 7) is 4.41. The highest BCUT2D eigenvalue weighted by Gasteiger charge is 2.30. The van der Waals surface area contributed by atoms with E-state index < -0.39 is 0 Å². The number of carbonyl (C=O) groups is 2. The summed E-state index contributed by atoms with van der Waals surface area (Å²) in [4.78, 5) is 35.2. The number of H-pyrrole nitrogens is 1. The van der Waals surface area contributed by atoms with E-state index >= 15 is 0 Å². The van der Waals surface area contributed by atoms with Crippen molar-refractivity contribution in [3.63, 3.8) is 0 Å². The maximum atomic E-state index is 12.0. The van der Waals surface area contributed by atoms with Gasteiger partial charge in [0.2, 0.25) is 5.91 Å². The van der Waals surface area contributed by atoms with Crippen molar-refractivity contribution >= 4 is 11.8 Å². The molecular weight excluding hydrogens is 318 g/mol. The molecule has 0 bridgehead atoms. The summed E-state index contributed by atoms with van der Waals surface area (Å²) in [5.74, 6) is -0.0325. The number of hydrogen-bond acceptors (Lipinski definition) is 4. The molecule has 2 aromatic rings. The Labute approximate surface area is 147 Å². The van der Waals surface area contributed by atoms with Crippen LogP contribution < -0.4 is 5.32 Å². The molecule has 132 valence electrons. The number of rotatable bonds is 4. The topological polar surface area (TPSA) is 81.3 Å². The molecule has 0 unspecified atom stereocenters. The van der Waals surface area contributed by atoms with Gasteiger partial charge in [-0.05, 0) is 17.7 Å². The minimum Gasteiger partial charge on any atom is -0.355 e. The van der Waals surface area contributed by atoms with Gasteiger partial charge < -0.3 is 15.2 Å². The molecule has 7 heteroatoms. The Bertz CT molecular complexity index is 744. The van der Waals surface area contributed by atoms with E-state index in [2.05, 4.69) is 20.2 Å². The SMILES string of the molecule is CNC(=O)c1cccc([C@@H]2CN(C(C)=O)CCN2Cc2cnc[nH]2)c1. The van der Waals surface area contributed by atoms with Crippen LogP contribution in [0.5, 0.6) is 0 Å². The van der Waals surface area contributed by atoms with Crippen LogP contribution in [0.1, 0.15) is 34.6 Å². The lowest BCUT2D eigenvalue weighted by Crippen LogP contribution is -2.49. The number of aromatic nitrogens is 2. The number of benzene rings is 1. The maximum Gasteiger partial charge on any atom is 0.251 e. The fourth-order valence-electron chi connectivity index (χ4n) is 3.23. The molecule has 1 fully saturated rings. The third-order valence-corrected chi connectivity index (χ3v) is 4.63. The second-order valence-electron chi connectivity index (χ2n) is 6.23. The molecule has 0 saturated carbocycles. The molecule has 25 heavy (non-hydrogen) atoms. The Balaban J connectivity index is 1.88. The number of aromatic amines is 1. The molecule has 1 atom stereocenters. The summed E-state index contributed by atoms with van der Waals surface area (Å²) in [5.41, 5.74) is 2.69. The molecule has 2 heterocycles. The molecule has 7 nitrogen and oxygen atoms in total. The smallest absolute Gasteiger partial charge is 0.251 e. The average Bonchev–Trinajstić information content (AvgIpc) is 3.14. The molecule has 2 N–H and O–H groups in total. The van der Waals surface area contributed by atoms with Crippen molar-refractivity contribution in [3.05, 3.63) is 53.6 Å². The number of carbonyl (C=O) groups excluding carboxylic acids is 2. The Kier molecular flexibility index (Phi) is 5.14. The Hall–Kier alpha value is -2.67. The fraction of sp³-hybridized carbons (Fsp3) is 0.389. The average molecular weight is 341 g/mol. The monoisotopic (exact) mass is 341 g/mol. The first-order chi connectivity index (χ1) is 12.1.